The summed E-state index contributed by atoms with van der Waals surface area (Å²) >= 11 is 0. The highest BCUT2D eigenvalue weighted by atomic mass is 16.5. The van der Waals surface area contributed by atoms with E-state index in [4.69, 9.17) is 4.52 Å². The maximum absolute atomic E-state index is 5.43. The molecule has 110 valence electrons. The van der Waals surface area contributed by atoms with Gasteiger partial charge in [-0.1, -0.05) is 46.7 Å². The fraction of sp³-hybridized carbons (Fsp3) is 0.867. The minimum absolute atomic E-state index is 0.189. The van der Waals surface area contributed by atoms with E-state index in [1.54, 1.807) is 0 Å². The van der Waals surface area contributed by atoms with Gasteiger partial charge in [0, 0.05) is 12.5 Å². The van der Waals surface area contributed by atoms with E-state index in [1.807, 2.05) is 0 Å². The van der Waals surface area contributed by atoms with E-state index < -0.39 is 0 Å². The number of nitrogens with one attached hydrogen (secondary N) is 1. The summed E-state index contributed by atoms with van der Waals surface area (Å²) in [6.07, 6.45) is 3.06. The summed E-state index contributed by atoms with van der Waals surface area (Å²) in [7, 11) is 0. The average molecular weight is 267 g/mol. The molecule has 1 heterocycles. The number of rotatable bonds is 7. The van der Waals surface area contributed by atoms with Gasteiger partial charge in [0.1, 0.15) is 0 Å². The van der Waals surface area contributed by atoms with Crippen LogP contribution in [0, 0.1) is 5.41 Å². The average Bonchev–Trinajstić information content (AvgIpc) is 2.75. The molecule has 4 heteroatoms. The first-order chi connectivity index (χ1) is 8.87. The zero-order valence-electron chi connectivity index (χ0n) is 13.3. The fourth-order valence-electron chi connectivity index (χ4n) is 2.18. The molecule has 0 aromatic carbocycles. The maximum Gasteiger partial charge on any atom is 0.231 e. The molecule has 0 aliphatic rings. The molecule has 0 fully saturated rings. The van der Waals surface area contributed by atoms with E-state index in [9.17, 15) is 0 Å². The zero-order valence-corrected chi connectivity index (χ0v) is 13.3. The van der Waals surface area contributed by atoms with Crippen LogP contribution in [0.25, 0.3) is 0 Å². The van der Waals surface area contributed by atoms with Gasteiger partial charge in [-0.15, -0.1) is 0 Å². The molecule has 0 amide bonds. The van der Waals surface area contributed by atoms with Gasteiger partial charge in [-0.25, -0.2) is 0 Å². The van der Waals surface area contributed by atoms with Gasteiger partial charge in [0.15, 0.2) is 5.82 Å². The van der Waals surface area contributed by atoms with Gasteiger partial charge in [0.25, 0.3) is 0 Å². The van der Waals surface area contributed by atoms with Crippen molar-refractivity contribution in [3.63, 3.8) is 0 Å². The van der Waals surface area contributed by atoms with Gasteiger partial charge in [-0.2, -0.15) is 4.98 Å². The lowest BCUT2D eigenvalue weighted by Crippen LogP contribution is -2.33. The fourth-order valence-corrected chi connectivity index (χ4v) is 2.18. The summed E-state index contributed by atoms with van der Waals surface area (Å²) in [5.74, 6) is 1.84. The molecule has 2 unspecified atom stereocenters. The molecule has 1 rings (SSSR count). The molecule has 0 aliphatic heterocycles. The van der Waals surface area contributed by atoms with Crippen molar-refractivity contribution in [1.82, 2.24) is 15.5 Å². The predicted molar refractivity (Wildman–Crippen MR) is 78.2 cm³/mol. The Bertz CT molecular complexity index is 368. The van der Waals surface area contributed by atoms with Crippen LogP contribution in [0.3, 0.4) is 0 Å². The van der Waals surface area contributed by atoms with Crippen LogP contribution >= 0.6 is 0 Å². The molecule has 0 bridgehead atoms. The molecule has 1 N–H and O–H groups in total. The van der Waals surface area contributed by atoms with Gasteiger partial charge in [-0.3, -0.25) is 0 Å². The smallest absolute Gasteiger partial charge is 0.231 e. The van der Waals surface area contributed by atoms with Crippen LogP contribution in [0.15, 0.2) is 4.52 Å². The van der Waals surface area contributed by atoms with Crippen molar-refractivity contribution in [2.24, 2.45) is 5.41 Å². The largest absolute Gasteiger partial charge is 0.339 e. The Balaban J connectivity index is 2.68. The number of hydrogen-bond acceptors (Lipinski definition) is 4. The van der Waals surface area contributed by atoms with Crippen LogP contribution in [0.2, 0.25) is 0 Å². The third kappa shape index (κ3) is 5.31. The van der Waals surface area contributed by atoms with Crippen molar-refractivity contribution in [1.29, 1.82) is 0 Å². The van der Waals surface area contributed by atoms with Crippen molar-refractivity contribution in [3.05, 3.63) is 11.7 Å². The SMILES string of the molecule is CCCNC(CC)C(C)c1nc(CC(C)(C)C)no1. The Labute approximate surface area is 117 Å². The number of nitrogens with zero attached hydrogens (tertiary/aromatic N) is 2. The maximum atomic E-state index is 5.43. The summed E-state index contributed by atoms with van der Waals surface area (Å²) in [4.78, 5) is 4.55. The standard InChI is InChI=1S/C15H29N3O/c1-7-9-16-12(8-2)11(3)14-17-13(18-19-14)10-15(4,5)6/h11-12,16H,7-10H2,1-6H3. The van der Waals surface area contributed by atoms with E-state index in [-0.39, 0.29) is 11.3 Å². The molecule has 0 saturated heterocycles. The van der Waals surface area contributed by atoms with Crippen LogP contribution in [0.4, 0.5) is 0 Å². The van der Waals surface area contributed by atoms with Gasteiger partial charge in [0.2, 0.25) is 5.89 Å². The van der Waals surface area contributed by atoms with E-state index >= 15 is 0 Å². The van der Waals surface area contributed by atoms with Crippen molar-refractivity contribution >= 4 is 0 Å². The molecule has 19 heavy (non-hydrogen) atoms. The van der Waals surface area contributed by atoms with Gasteiger partial charge in [-0.05, 0) is 24.8 Å². The lowest BCUT2D eigenvalue weighted by atomic mass is 9.92. The number of aromatic nitrogens is 2. The first-order valence-corrected chi connectivity index (χ1v) is 7.43. The second kappa shape index (κ2) is 7.04. The van der Waals surface area contributed by atoms with Gasteiger partial charge in [0.05, 0.1) is 5.92 Å². The van der Waals surface area contributed by atoms with Crippen LogP contribution in [-0.4, -0.2) is 22.7 Å². The molecule has 0 saturated carbocycles. The highest BCUT2D eigenvalue weighted by Gasteiger charge is 2.23. The van der Waals surface area contributed by atoms with E-state index in [2.05, 4.69) is 57.0 Å². The molecule has 2 atom stereocenters. The highest BCUT2D eigenvalue weighted by molar-refractivity contribution is 4.98. The first-order valence-electron chi connectivity index (χ1n) is 7.43. The molecule has 1 aromatic heterocycles. The minimum Gasteiger partial charge on any atom is -0.339 e. The van der Waals surface area contributed by atoms with Crippen molar-refractivity contribution in [2.75, 3.05) is 6.54 Å². The Morgan fingerprint density at radius 2 is 1.95 bits per heavy atom. The lowest BCUT2D eigenvalue weighted by molar-refractivity contribution is 0.313. The summed E-state index contributed by atoms with van der Waals surface area (Å²) in [6.45, 7) is 14.1. The van der Waals surface area contributed by atoms with Gasteiger partial charge < -0.3 is 9.84 Å². The second-order valence-corrected chi connectivity index (χ2v) is 6.54. The van der Waals surface area contributed by atoms with Crippen LogP contribution in [0.5, 0.6) is 0 Å². The third-order valence-electron chi connectivity index (χ3n) is 3.26. The summed E-state index contributed by atoms with van der Waals surface area (Å²) in [5.41, 5.74) is 0.189. The van der Waals surface area contributed by atoms with E-state index in [0.717, 1.165) is 37.5 Å². The van der Waals surface area contributed by atoms with Crippen LogP contribution in [0.1, 0.15) is 72.0 Å². The van der Waals surface area contributed by atoms with Crippen LogP contribution < -0.4 is 5.32 Å². The predicted octanol–water partition coefficient (Wildman–Crippen LogP) is 3.54. The summed E-state index contributed by atoms with van der Waals surface area (Å²) in [6, 6.07) is 0.405. The Morgan fingerprint density at radius 3 is 2.47 bits per heavy atom. The molecular formula is C15H29N3O. The second-order valence-electron chi connectivity index (χ2n) is 6.54. The Hall–Kier alpha value is -0.900. The van der Waals surface area contributed by atoms with E-state index in [0.29, 0.717) is 6.04 Å². The molecule has 0 radical (unpaired) electrons. The molecule has 0 aliphatic carbocycles. The zero-order chi connectivity index (χ0) is 14.5. The van der Waals surface area contributed by atoms with Crippen molar-refractivity contribution < 1.29 is 4.52 Å². The van der Waals surface area contributed by atoms with Crippen LogP contribution in [-0.2, 0) is 6.42 Å². The molecule has 0 spiro atoms. The number of hydrogen-bond donors (Lipinski definition) is 1. The normalized spacial score (nSPS) is 15.5. The molecule has 1 aromatic rings. The summed E-state index contributed by atoms with van der Waals surface area (Å²) < 4.78 is 5.43. The lowest BCUT2D eigenvalue weighted by Gasteiger charge is -2.20. The topological polar surface area (TPSA) is 51.0 Å². The molecular weight excluding hydrogens is 238 g/mol. The highest BCUT2D eigenvalue weighted by Crippen LogP contribution is 2.23. The first kappa shape index (κ1) is 16.2. The third-order valence-corrected chi connectivity index (χ3v) is 3.26. The molecule has 4 nitrogen and oxygen atoms in total. The Kier molecular flexibility index (Phi) is 5.98. The minimum atomic E-state index is 0.189. The van der Waals surface area contributed by atoms with E-state index in [1.165, 1.54) is 0 Å². The van der Waals surface area contributed by atoms with Gasteiger partial charge >= 0.3 is 0 Å². The quantitative estimate of drug-likeness (QED) is 0.821. The van der Waals surface area contributed by atoms with Crippen molar-refractivity contribution in [2.45, 2.75) is 72.8 Å². The Morgan fingerprint density at radius 1 is 1.26 bits per heavy atom. The summed E-state index contributed by atoms with van der Waals surface area (Å²) in [5, 5.41) is 7.65. The van der Waals surface area contributed by atoms with Crippen molar-refractivity contribution in [3.8, 4) is 0 Å². The monoisotopic (exact) mass is 267 g/mol.